The zero-order valence-corrected chi connectivity index (χ0v) is 16.4. The Morgan fingerprint density at radius 2 is 1.79 bits per heavy atom. The Morgan fingerprint density at radius 3 is 2.45 bits per heavy atom. The Bertz CT molecular complexity index is 961. The zero-order valence-electron chi connectivity index (χ0n) is 16.4. The molecule has 2 aliphatic heterocycles. The molecule has 2 aliphatic rings. The highest BCUT2D eigenvalue weighted by molar-refractivity contribution is 5.68. The molecule has 4 heterocycles. The predicted octanol–water partition coefficient (Wildman–Crippen LogP) is 2.54. The van der Waals surface area contributed by atoms with Crippen LogP contribution >= 0.6 is 0 Å². The monoisotopic (exact) mass is 391 g/mol. The maximum Gasteiger partial charge on any atom is 0.151 e. The smallest absolute Gasteiger partial charge is 0.151 e. The van der Waals surface area contributed by atoms with Crippen LogP contribution in [0.5, 0.6) is 5.75 Å². The second-order valence-corrected chi connectivity index (χ2v) is 8.02. The Hall–Kier alpha value is -3.00. The maximum atomic E-state index is 10.5. The Balaban J connectivity index is 1.33. The summed E-state index contributed by atoms with van der Waals surface area (Å²) in [5.74, 6) is 0.997. The first-order valence-electron chi connectivity index (χ1n) is 10.2. The lowest BCUT2D eigenvalue weighted by atomic mass is 9.83. The molecule has 2 N–H and O–H groups in total. The predicted molar refractivity (Wildman–Crippen MR) is 110 cm³/mol. The molecule has 5 rings (SSSR count). The second-order valence-electron chi connectivity index (χ2n) is 8.02. The number of anilines is 1. The molecule has 150 valence electrons. The van der Waals surface area contributed by atoms with Crippen LogP contribution in [0.4, 0.5) is 5.82 Å². The van der Waals surface area contributed by atoms with Crippen LogP contribution in [-0.4, -0.2) is 55.5 Å². The second kappa shape index (κ2) is 7.44. The third kappa shape index (κ3) is 3.55. The van der Waals surface area contributed by atoms with Gasteiger partial charge >= 0.3 is 0 Å². The summed E-state index contributed by atoms with van der Waals surface area (Å²) in [6.07, 6.45) is 9.39. The Morgan fingerprint density at radius 1 is 1.03 bits per heavy atom. The molecular weight excluding hydrogens is 366 g/mol. The summed E-state index contributed by atoms with van der Waals surface area (Å²) < 4.78 is 0. The fourth-order valence-corrected chi connectivity index (χ4v) is 4.61. The average molecular weight is 391 g/mol. The number of aromatic hydroxyl groups is 1. The van der Waals surface area contributed by atoms with Gasteiger partial charge in [-0.2, -0.15) is 15.0 Å². The van der Waals surface area contributed by atoms with Crippen molar-refractivity contribution in [2.24, 2.45) is 0 Å². The van der Waals surface area contributed by atoms with E-state index in [1.54, 1.807) is 18.5 Å². The number of piperidine rings is 2. The molecule has 8 heteroatoms. The Kier molecular flexibility index (Phi) is 4.63. The molecule has 8 nitrogen and oxygen atoms in total. The molecule has 0 amide bonds. The van der Waals surface area contributed by atoms with Gasteiger partial charge in [0.2, 0.25) is 0 Å². The SMILES string of the molecule is CN(c1ccc(-c2ccc(-n3nccn3)cc2O)nn1)C1C[C@H]2CCC[C@H](C1)N2. The van der Waals surface area contributed by atoms with Gasteiger partial charge in [-0.15, -0.1) is 10.2 Å². The highest BCUT2D eigenvalue weighted by atomic mass is 16.3. The summed E-state index contributed by atoms with van der Waals surface area (Å²) in [5, 5.41) is 31.2. The van der Waals surface area contributed by atoms with E-state index in [0.29, 0.717) is 35.1 Å². The minimum atomic E-state index is 0.126. The van der Waals surface area contributed by atoms with E-state index in [1.165, 1.54) is 24.1 Å². The van der Waals surface area contributed by atoms with E-state index in [4.69, 9.17) is 0 Å². The first-order valence-corrected chi connectivity index (χ1v) is 10.2. The van der Waals surface area contributed by atoms with E-state index >= 15 is 0 Å². The number of phenolic OH excluding ortho intramolecular Hbond substituents is 1. The molecule has 0 radical (unpaired) electrons. The molecule has 2 aromatic heterocycles. The zero-order chi connectivity index (χ0) is 19.8. The number of nitrogens with zero attached hydrogens (tertiary/aromatic N) is 6. The van der Waals surface area contributed by atoms with Crippen molar-refractivity contribution in [3.05, 3.63) is 42.7 Å². The molecule has 0 spiro atoms. The normalized spacial score (nSPS) is 23.7. The van der Waals surface area contributed by atoms with Crippen LogP contribution in [0.1, 0.15) is 32.1 Å². The lowest BCUT2D eigenvalue weighted by Crippen LogP contribution is -2.54. The topological polar surface area (TPSA) is 92.0 Å². The van der Waals surface area contributed by atoms with Gasteiger partial charge in [-0.1, -0.05) is 6.42 Å². The summed E-state index contributed by atoms with van der Waals surface area (Å²) in [5.41, 5.74) is 1.97. The van der Waals surface area contributed by atoms with Crippen LogP contribution in [0.25, 0.3) is 16.9 Å². The van der Waals surface area contributed by atoms with Crippen LogP contribution in [0.15, 0.2) is 42.7 Å². The van der Waals surface area contributed by atoms with Gasteiger partial charge < -0.3 is 15.3 Å². The van der Waals surface area contributed by atoms with Crippen molar-refractivity contribution in [1.82, 2.24) is 30.5 Å². The molecule has 0 unspecified atom stereocenters. The quantitative estimate of drug-likeness (QED) is 0.706. The van der Waals surface area contributed by atoms with E-state index in [-0.39, 0.29) is 5.75 Å². The van der Waals surface area contributed by atoms with E-state index < -0.39 is 0 Å². The molecule has 0 aliphatic carbocycles. The molecule has 2 atom stereocenters. The van der Waals surface area contributed by atoms with E-state index in [9.17, 15) is 5.11 Å². The number of rotatable bonds is 4. The molecule has 3 aromatic rings. The standard InChI is InChI=1S/C21H25N7O/c1-27(17-11-14-3-2-4-15(12-17)24-14)21-8-7-19(25-26-21)18-6-5-16(13-20(18)29)28-22-9-10-23-28/h5-10,13-15,17,24,29H,2-4,11-12H2,1H3/t14-,15-/m1/s1. The van der Waals surface area contributed by atoms with E-state index in [1.807, 2.05) is 24.3 Å². The van der Waals surface area contributed by atoms with Crippen molar-refractivity contribution < 1.29 is 5.11 Å². The average Bonchev–Trinajstić information content (AvgIpc) is 3.28. The minimum absolute atomic E-state index is 0.126. The van der Waals surface area contributed by atoms with E-state index in [0.717, 1.165) is 18.7 Å². The fraction of sp³-hybridized carbons (Fsp3) is 0.429. The number of benzene rings is 1. The summed E-state index contributed by atoms with van der Waals surface area (Å²) in [7, 11) is 2.11. The third-order valence-electron chi connectivity index (χ3n) is 6.16. The molecule has 1 aromatic carbocycles. The van der Waals surface area contributed by atoms with Gasteiger partial charge in [0.1, 0.15) is 5.75 Å². The van der Waals surface area contributed by atoms with Gasteiger partial charge in [0.05, 0.1) is 23.8 Å². The summed E-state index contributed by atoms with van der Waals surface area (Å²) in [6.45, 7) is 0. The number of nitrogens with one attached hydrogen (secondary N) is 1. The molecule has 0 saturated carbocycles. The highest BCUT2D eigenvalue weighted by Gasteiger charge is 2.33. The van der Waals surface area contributed by atoms with Crippen molar-refractivity contribution in [2.45, 2.75) is 50.2 Å². The van der Waals surface area contributed by atoms with Crippen LogP contribution in [0, 0.1) is 0 Å². The van der Waals surface area contributed by atoms with Crippen LogP contribution in [-0.2, 0) is 0 Å². The summed E-state index contributed by atoms with van der Waals surface area (Å²) >= 11 is 0. The van der Waals surface area contributed by atoms with Crippen LogP contribution in [0.2, 0.25) is 0 Å². The molecule has 2 bridgehead atoms. The largest absolute Gasteiger partial charge is 0.507 e. The van der Waals surface area contributed by atoms with Crippen LogP contribution in [0.3, 0.4) is 0 Å². The lowest BCUT2D eigenvalue weighted by molar-refractivity contribution is 0.219. The van der Waals surface area contributed by atoms with E-state index in [2.05, 4.69) is 37.7 Å². The number of phenols is 1. The van der Waals surface area contributed by atoms with Crippen molar-refractivity contribution in [3.8, 4) is 22.7 Å². The summed E-state index contributed by atoms with van der Waals surface area (Å²) in [4.78, 5) is 3.72. The van der Waals surface area contributed by atoms with Gasteiger partial charge in [-0.25, -0.2) is 0 Å². The molecular formula is C21H25N7O. The van der Waals surface area contributed by atoms with Gasteiger partial charge in [-0.3, -0.25) is 0 Å². The van der Waals surface area contributed by atoms with Crippen LogP contribution < -0.4 is 10.2 Å². The number of hydrogen-bond donors (Lipinski definition) is 2. The number of aromatic nitrogens is 5. The molecule has 29 heavy (non-hydrogen) atoms. The maximum absolute atomic E-state index is 10.5. The van der Waals surface area contributed by atoms with Gasteiger partial charge in [0, 0.05) is 36.8 Å². The van der Waals surface area contributed by atoms with Crippen molar-refractivity contribution in [2.75, 3.05) is 11.9 Å². The third-order valence-corrected chi connectivity index (χ3v) is 6.16. The molecule has 2 saturated heterocycles. The fourth-order valence-electron chi connectivity index (χ4n) is 4.61. The number of fused-ring (bicyclic) bond motifs is 2. The minimum Gasteiger partial charge on any atom is -0.507 e. The van der Waals surface area contributed by atoms with Crippen molar-refractivity contribution >= 4 is 5.82 Å². The van der Waals surface area contributed by atoms with Gasteiger partial charge in [0.25, 0.3) is 0 Å². The molecule has 2 fully saturated rings. The number of hydrogen-bond acceptors (Lipinski definition) is 7. The van der Waals surface area contributed by atoms with Gasteiger partial charge in [0.15, 0.2) is 5.82 Å². The lowest BCUT2D eigenvalue weighted by Gasteiger charge is -2.43. The van der Waals surface area contributed by atoms with Gasteiger partial charge in [-0.05, 0) is 49.9 Å². The van der Waals surface area contributed by atoms with Crippen molar-refractivity contribution in [1.29, 1.82) is 0 Å². The first-order chi connectivity index (χ1) is 14.2. The summed E-state index contributed by atoms with van der Waals surface area (Å²) in [6, 6.07) is 10.9. The van der Waals surface area contributed by atoms with Crippen molar-refractivity contribution in [3.63, 3.8) is 0 Å². The first kappa shape index (κ1) is 18.1. The Labute approximate surface area is 169 Å². The highest BCUT2D eigenvalue weighted by Crippen LogP contribution is 2.32.